The number of carbonyl (C=O) groups is 2. The van der Waals surface area contributed by atoms with Gasteiger partial charge in [0.1, 0.15) is 12.4 Å². The van der Waals surface area contributed by atoms with Gasteiger partial charge < -0.3 is 10.2 Å². The second-order valence-corrected chi connectivity index (χ2v) is 12.1. The fourth-order valence-corrected chi connectivity index (χ4v) is 7.39. The highest BCUT2D eigenvalue weighted by Gasteiger charge is 2.47. The molecule has 194 valence electrons. The van der Waals surface area contributed by atoms with Gasteiger partial charge in [0.05, 0.1) is 22.5 Å². The highest BCUT2D eigenvalue weighted by molar-refractivity contribution is 7.19. The van der Waals surface area contributed by atoms with Gasteiger partial charge in [-0.05, 0) is 62.9 Å². The average Bonchev–Trinajstić information content (AvgIpc) is 3.56. The van der Waals surface area contributed by atoms with Crippen LogP contribution >= 0.6 is 22.9 Å². The van der Waals surface area contributed by atoms with E-state index >= 15 is 0 Å². The molecule has 3 fully saturated rings. The van der Waals surface area contributed by atoms with Gasteiger partial charge in [0.25, 0.3) is 5.91 Å². The Morgan fingerprint density at radius 2 is 1.89 bits per heavy atom. The maximum Gasteiger partial charge on any atom is 0.327 e. The Labute approximate surface area is 225 Å². The smallest absolute Gasteiger partial charge is 0.314 e. The number of nitrogens with zero attached hydrogens (tertiary/aromatic N) is 5. The van der Waals surface area contributed by atoms with Gasteiger partial charge in [0.2, 0.25) is 0 Å². The molecular formula is C27H31ClN6O2S. The van der Waals surface area contributed by atoms with Crippen LogP contribution in [0.5, 0.6) is 0 Å². The summed E-state index contributed by atoms with van der Waals surface area (Å²) in [4.78, 5) is 41.5. The minimum absolute atomic E-state index is 0.0849. The first-order valence-corrected chi connectivity index (χ1v) is 14.1. The van der Waals surface area contributed by atoms with E-state index in [1.54, 1.807) is 22.6 Å². The third kappa shape index (κ3) is 4.31. The zero-order valence-corrected chi connectivity index (χ0v) is 22.9. The van der Waals surface area contributed by atoms with Crippen LogP contribution in [0, 0.1) is 6.92 Å². The fourth-order valence-electron chi connectivity index (χ4n) is 6.02. The lowest BCUT2D eigenvalue weighted by Gasteiger charge is -2.40. The van der Waals surface area contributed by atoms with E-state index in [2.05, 4.69) is 36.0 Å². The fraction of sp³-hybridized carbons (Fsp3) is 0.481. The summed E-state index contributed by atoms with van der Waals surface area (Å²) >= 11 is 8.12. The Hall–Kier alpha value is -2.59. The lowest BCUT2D eigenvalue weighted by Crippen LogP contribution is -2.54. The predicted molar refractivity (Wildman–Crippen MR) is 146 cm³/mol. The summed E-state index contributed by atoms with van der Waals surface area (Å²) in [5.41, 5.74) is 5.02. The number of nitrogens with one attached hydrogen (secondary N) is 1. The number of urea groups is 1. The maximum absolute atomic E-state index is 12.9. The normalized spacial score (nSPS) is 24.5. The van der Waals surface area contributed by atoms with Crippen molar-refractivity contribution < 1.29 is 9.59 Å². The molecule has 1 N–H and O–H groups in total. The van der Waals surface area contributed by atoms with Crippen LogP contribution in [0.4, 0.5) is 4.79 Å². The largest absolute Gasteiger partial charge is 0.327 e. The summed E-state index contributed by atoms with van der Waals surface area (Å²) in [6.45, 7) is 10.3. The number of fused-ring (bicyclic) bond motifs is 2. The minimum Gasteiger partial charge on any atom is -0.314 e. The summed E-state index contributed by atoms with van der Waals surface area (Å²) in [7, 11) is 0. The van der Waals surface area contributed by atoms with Crippen molar-refractivity contribution in [3.8, 4) is 11.3 Å². The summed E-state index contributed by atoms with van der Waals surface area (Å²) < 4.78 is 0.946. The number of piperazine rings is 1. The number of amides is 3. The molecule has 3 amide bonds. The summed E-state index contributed by atoms with van der Waals surface area (Å²) in [6.07, 6.45) is 3.24. The molecule has 3 aliphatic heterocycles. The van der Waals surface area contributed by atoms with Crippen LogP contribution in [0.15, 0.2) is 24.5 Å². The highest BCUT2D eigenvalue weighted by Crippen LogP contribution is 2.38. The van der Waals surface area contributed by atoms with E-state index in [0.717, 1.165) is 64.4 Å². The van der Waals surface area contributed by atoms with Crippen LogP contribution in [-0.4, -0.2) is 74.4 Å². The first-order valence-electron chi connectivity index (χ1n) is 12.9. The van der Waals surface area contributed by atoms with Crippen molar-refractivity contribution in [2.45, 2.75) is 64.8 Å². The molecule has 0 aliphatic carbocycles. The molecule has 37 heavy (non-hydrogen) atoms. The molecule has 3 saturated heterocycles. The minimum atomic E-state index is -0.288. The van der Waals surface area contributed by atoms with E-state index in [-0.39, 0.29) is 24.5 Å². The lowest BCUT2D eigenvalue weighted by atomic mass is 9.96. The topological polar surface area (TPSA) is 81.7 Å². The molecule has 0 radical (unpaired) electrons. The van der Waals surface area contributed by atoms with Gasteiger partial charge in [0, 0.05) is 53.7 Å². The molecule has 6 rings (SSSR count). The molecule has 10 heteroatoms. The number of hydrogen-bond acceptors (Lipinski definition) is 7. The molecule has 3 aliphatic rings. The van der Waals surface area contributed by atoms with Crippen LogP contribution in [0.3, 0.4) is 0 Å². The van der Waals surface area contributed by atoms with E-state index in [0.29, 0.717) is 23.7 Å². The molecule has 2 aromatic heterocycles. The Balaban J connectivity index is 1.37. The molecule has 0 saturated carbocycles. The number of benzene rings is 1. The summed E-state index contributed by atoms with van der Waals surface area (Å²) in [5, 5.41) is 4.18. The van der Waals surface area contributed by atoms with Crippen molar-refractivity contribution in [2.24, 2.45) is 0 Å². The monoisotopic (exact) mass is 538 g/mol. The van der Waals surface area contributed by atoms with Crippen molar-refractivity contribution in [3.05, 3.63) is 45.6 Å². The van der Waals surface area contributed by atoms with Gasteiger partial charge in [-0.25, -0.2) is 14.8 Å². The van der Waals surface area contributed by atoms with Gasteiger partial charge in [-0.3, -0.25) is 14.6 Å². The van der Waals surface area contributed by atoms with Crippen molar-refractivity contribution in [2.75, 3.05) is 19.6 Å². The zero-order chi connectivity index (χ0) is 25.8. The molecule has 1 aromatic carbocycles. The van der Waals surface area contributed by atoms with Crippen LogP contribution < -0.4 is 5.32 Å². The number of rotatable bonds is 5. The predicted octanol–water partition coefficient (Wildman–Crippen LogP) is 4.43. The third-order valence-electron chi connectivity index (χ3n) is 8.00. The average molecular weight is 539 g/mol. The molecule has 0 bridgehead atoms. The van der Waals surface area contributed by atoms with Crippen molar-refractivity contribution in [1.29, 1.82) is 0 Å². The second-order valence-electron chi connectivity index (χ2n) is 10.5. The van der Waals surface area contributed by atoms with Gasteiger partial charge in [0.15, 0.2) is 0 Å². The van der Waals surface area contributed by atoms with Crippen LogP contribution in [0.1, 0.15) is 42.7 Å². The first kappa shape index (κ1) is 24.7. The zero-order valence-electron chi connectivity index (χ0n) is 21.3. The Bertz CT molecular complexity index is 1360. The molecule has 0 spiro atoms. The summed E-state index contributed by atoms with van der Waals surface area (Å²) in [5.74, 6) is -0.0849. The number of aromatic nitrogens is 2. The highest BCUT2D eigenvalue weighted by atomic mass is 35.5. The molecule has 0 unspecified atom stereocenters. The number of thiophene rings is 1. The van der Waals surface area contributed by atoms with Gasteiger partial charge in [-0.1, -0.05) is 11.6 Å². The van der Waals surface area contributed by atoms with Crippen molar-refractivity contribution in [3.63, 3.8) is 0 Å². The van der Waals surface area contributed by atoms with E-state index in [4.69, 9.17) is 16.6 Å². The van der Waals surface area contributed by atoms with E-state index in [1.165, 1.54) is 10.5 Å². The van der Waals surface area contributed by atoms with Gasteiger partial charge in [-0.15, -0.1) is 11.3 Å². The second kappa shape index (κ2) is 9.62. The van der Waals surface area contributed by atoms with E-state index in [9.17, 15) is 9.59 Å². The Morgan fingerprint density at radius 1 is 1.11 bits per heavy atom. The standard InChI is InChI=1S/C27H31ClN6O2S/c1-15-7-18(28)8-20(21(15)13-33-16(2)10-29-11-17(33)3)24-25-22(30-14-31-24)9-19(37-25)12-34-26(35)23-5-4-6-32(23)27(34)36/h7-9,14,16-17,23,29H,4-6,10-13H2,1-3H3/t16-,17-,23+/m0/s1. The number of aryl methyl sites for hydroxylation is 1. The van der Waals surface area contributed by atoms with Crippen molar-refractivity contribution in [1.82, 2.24) is 30.0 Å². The molecule has 8 nitrogen and oxygen atoms in total. The quantitative estimate of drug-likeness (QED) is 0.484. The number of carbonyl (C=O) groups excluding carboxylic acids is 2. The molecule has 3 atom stereocenters. The summed E-state index contributed by atoms with van der Waals surface area (Å²) in [6, 6.07) is 6.37. The van der Waals surface area contributed by atoms with Crippen LogP contribution in [-0.2, 0) is 17.9 Å². The Morgan fingerprint density at radius 3 is 2.65 bits per heavy atom. The van der Waals surface area contributed by atoms with E-state index in [1.807, 2.05) is 18.2 Å². The van der Waals surface area contributed by atoms with Gasteiger partial charge >= 0.3 is 6.03 Å². The third-order valence-corrected chi connectivity index (χ3v) is 9.34. The first-order chi connectivity index (χ1) is 17.8. The van der Waals surface area contributed by atoms with E-state index < -0.39 is 0 Å². The number of imide groups is 1. The molecular weight excluding hydrogens is 508 g/mol. The lowest BCUT2D eigenvalue weighted by molar-refractivity contribution is -0.128. The molecule has 5 heterocycles. The Kier molecular flexibility index (Phi) is 6.43. The number of hydrogen-bond donors (Lipinski definition) is 1. The van der Waals surface area contributed by atoms with Crippen LogP contribution in [0.2, 0.25) is 5.02 Å². The van der Waals surface area contributed by atoms with Crippen LogP contribution in [0.25, 0.3) is 21.5 Å². The number of halogens is 1. The van der Waals surface area contributed by atoms with Gasteiger partial charge in [-0.2, -0.15) is 0 Å². The maximum atomic E-state index is 12.9. The SMILES string of the molecule is Cc1cc(Cl)cc(-c2ncnc3cc(CN4C(=O)[C@H]5CCCN5C4=O)sc23)c1CN1[C@@H](C)CNC[C@@H]1C. The van der Waals surface area contributed by atoms with Crippen molar-refractivity contribution >= 4 is 45.1 Å². The molecule has 3 aromatic rings.